The van der Waals surface area contributed by atoms with Gasteiger partial charge in [-0.15, -0.1) is 0 Å². The van der Waals surface area contributed by atoms with Gasteiger partial charge in [0, 0.05) is 19.5 Å². The molecule has 19 heavy (non-hydrogen) atoms. The summed E-state index contributed by atoms with van der Waals surface area (Å²) in [5.74, 6) is 1.24. The van der Waals surface area contributed by atoms with Gasteiger partial charge in [0.25, 0.3) is 0 Å². The summed E-state index contributed by atoms with van der Waals surface area (Å²) >= 11 is 0. The van der Waals surface area contributed by atoms with Crippen LogP contribution in [-0.2, 0) is 4.79 Å². The van der Waals surface area contributed by atoms with Crippen molar-refractivity contribution in [2.24, 2.45) is 5.92 Å². The molecule has 0 aromatic heterocycles. The second-order valence-electron chi connectivity index (χ2n) is 6.13. The molecule has 0 radical (unpaired) electrons. The lowest BCUT2D eigenvalue weighted by Crippen LogP contribution is -2.33. The summed E-state index contributed by atoms with van der Waals surface area (Å²) in [6, 6.07) is 0. The molecule has 0 spiro atoms. The van der Waals surface area contributed by atoms with E-state index in [0.717, 1.165) is 44.7 Å². The minimum absolute atomic E-state index is 0.410. The second-order valence-corrected chi connectivity index (χ2v) is 6.13. The van der Waals surface area contributed by atoms with Gasteiger partial charge in [-0.2, -0.15) is 0 Å². The Morgan fingerprint density at radius 3 is 2.11 bits per heavy atom. The predicted octanol–water partition coefficient (Wildman–Crippen LogP) is 4.78. The van der Waals surface area contributed by atoms with E-state index in [2.05, 4.69) is 18.7 Å². The standard InChI is InChI=1S/C17H33NO/c1-3-5-14-18(15-6-4-2)17(19)13-12-16-10-8-7-9-11-16/h16H,3-15H2,1-2H3. The Morgan fingerprint density at radius 2 is 1.58 bits per heavy atom. The zero-order valence-electron chi connectivity index (χ0n) is 13.1. The Labute approximate surface area is 119 Å². The van der Waals surface area contributed by atoms with Crippen LogP contribution in [0.4, 0.5) is 0 Å². The van der Waals surface area contributed by atoms with Crippen LogP contribution in [0.1, 0.15) is 84.5 Å². The van der Waals surface area contributed by atoms with Gasteiger partial charge in [0.05, 0.1) is 0 Å². The molecule has 1 saturated carbocycles. The molecule has 0 heterocycles. The molecule has 0 aliphatic heterocycles. The van der Waals surface area contributed by atoms with Crippen molar-refractivity contribution in [3.63, 3.8) is 0 Å². The lowest BCUT2D eigenvalue weighted by molar-refractivity contribution is -0.131. The average molecular weight is 267 g/mol. The van der Waals surface area contributed by atoms with E-state index in [1.165, 1.54) is 44.9 Å². The van der Waals surface area contributed by atoms with Gasteiger partial charge in [-0.05, 0) is 25.2 Å². The van der Waals surface area contributed by atoms with Crippen LogP contribution in [0, 0.1) is 5.92 Å². The van der Waals surface area contributed by atoms with Gasteiger partial charge in [0.15, 0.2) is 0 Å². The molecule has 0 N–H and O–H groups in total. The summed E-state index contributed by atoms with van der Waals surface area (Å²) in [6.07, 6.45) is 13.5. The smallest absolute Gasteiger partial charge is 0.222 e. The third-order valence-corrected chi connectivity index (χ3v) is 4.41. The molecule has 1 amide bonds. The van der Waals surface area contributed by atoms with Gasteiger partial charge in [-0.25, -0.2) is 0 Å². The summed E-state index contributed by atoms with van der Waals surface area (Å²) in [7, 11) is 0. The Kier molecular flexibility index (Phi) is 8.94. The minimum atomic E-state index is 0.410. The van der Waals surface area contributed by atoms with Crippen molar-refractivity contribution < 1.29 is 4.79 Å². The minimum Gasteiger partial charge on any atom is -0.343 e. The molecule has 2 heteroatoms. The number of rotatable bonds is 9. The largest absolute Gasteiger partial charge is 0.343 e. The van der Waals surface area contributed by atoms with E-state index in [1.54, 1.807) is 0 Å². The molecule has 0 bridgehead atoms. The molecular formula is C17H33NO. The van der Waals surface area contributed by atoms with Crippen LogP contribution in [0.15, 0.2) is 0 Å². The van der Waals surface area contributed by atoms with E-state index in [-0.39, 0.29) is 0 Å². The summed E-state index contributed by atoms with van der Waals surface area (Å²) in [6.45, 7) is 6.34. The van der Waals surface area contributed by atoms with E-state index >= 15 is 0 Å². The maximum Gasteiger partial charge on any atom is 0.222 e. The van der Waals surface area contributed by atoms with Gasteiger partial charge in [0.2, 0.25) is 5.91 Å². The van der Waals surface area contributed by atoms with Crippen LogP contribution < -0.4 is 0 Å². The fourth-order valence-electron chi connectivity index (χ4n) is 3.02. The summed E-state index contributed by atoms with van der Waals surface area (Å²) < 4.78 is 0. The topological polar surface area (TPSA) is 20.3 Å². The number of hydrogen-bond acceptors (Lipinski definition) is 1. The molecule has 1 aliphatic rings. The van der Waals surface area contributed by atoms with Gasteiger partial charge in [-0.1, -0.05) is 58.8 Å². The Hall–Kier alpha value is -0.530. The molecule has 112 valence electrons. The van der Waals surface area contributed by atoms with Gasteiger partial charge in [-0.3, -0.25) is 4.79 Å². The van der Waals surface area contributed by atoms with Crippen molar-refractivity contribution in [3.8, 4) is 0 Å². The van der Waals surface area contributed by atoms with Crippen molar-refractivity contribution in [1.29, 1.82) is 0 Å². The van der Waals surface area contributed by atoms with Crippen LogP contribution >= 0.6 is 0 Å². The zero-order valence-corrected chi connectivity index (χ0v) is 13.1. The van der Waals surface area contributed by atoms with Crippen LogP contribution in [0.25, 0.3) is 0 Å². The van der Waals surface area contributed by atoms with E-state index in [4.69, 9.17) is 0 Å². The average Bonchev–Trinajstić information content (AvgIpc) is 2.46. The maximum absolute atomic E-state index is 12.3. The second kappa shape index (κ2) is 10.3. The molecule has 1 fully saturated rings. The first kappa shape index (κ1) is 16.5. The summed E-state index contributed by atoms with van der Waals surface area (Å²) in [5, 5.41) is 0. The fourth-order valence-corrected chi connectivity index (χ4v) is 3.02. The normalized spacial score (nSPS) is 16.5. The van der Waals surface area contributed by atoms with Crippen molar-refractivity contribution in [1.82, 2.24) is 4.90 Å². The maximum atomic E-state index is 12.3. The fraction of sp³-hybridized carbons (Fsp3) is 0.941. The van der Waals surface area contributed by atoms with Crippen molar-refractivity contribution >= 4 is 5.91 Å². The first-order valence-corrected chi connectivity index (χ1v) is 8.55. The summed E-state index contributed by atoms with van der Waals surface area (Å²) in [5.41, 5.74) is 0. The number of unbranched alkanes of at least 4 members (excludes halogenated alkanes) is 2. The predicted molar refractivity (Wildman–Crippen MR) is 82.2 cm³/mol. The van der Waals surface area contributed by atoms with Crippen LogP contribution in [0.2, 0.25) is 0 Å². The van der Waals surface area contributed by atoms with Crippen molar-refractivity contribution in [2.75, 3.05) is 13.1 Å². The zero-order chi connectivity index (χ0) is 13.9. The Bertz CT molecular complexity index is 225. The van der Waals surface area contributed by atoms with Crippen LogP contribution in [0.3, 0.4) is 0 Å². The molecule has 0 atom stereocenters. The highest BCUT2D eigenvalue weighted by atomic mass is 16.2. The monoisotopic (exact) mass is 267 g/mol. The van der Waals surface area contributed by atoms with Gasteiger partial charge in [0.1, 0.15) is 0 Å². The van der Waals surface area contributed by atoms with Crippen LogP contribution in [-0.4, -0.2) is 23.9 Å². The number of nitrogens with zero attached hydrogens (tertiary/aromatic N) is 1. The number of hydrogen-bond donors (Lipinski definition) is 0. The molecule has 0 unspecified atom stereocenters. The van der Waals surface area contributed by atoms with Gasteiger partial charge < -0.3 is 4.90 Å². The highest BCUT2D eigenvalue weighted by Gasteiger charge is 2.17. The van der Waals surface area contributed by atoms with E-state index in [0.29, 0.717) is 5.91 Å². The first-order valence-electron chi connectivity index (χ1n) is 8.55. The number of carbonyl (C=O) groups is 1. The molecule has 2 nitrogen and oxygen atoms in total. The summed E-state index contributed by atoms with van der Waals surface area (Å²) in [4.78, 5) is 14.4. The molecule has 0 saturated heterocycles. The van der Waals surface area contributed by atoms with E-state index < -0.39 is 0 Å². The lowest BCUT2D eigenvalue weighted by atomic mass is 9.86. The molecular weight excluding hydrogens is 234 g/mol. The molecule has 0 aromatic rings. The highest BCUT2D eigenvalue weighted by Crippen LogP contribution is 2.27. The quantitative estimate of drug-likeness (QED) is 0.589. The molecule has 0 aromatic carbocycles. The van der Waals surface area contributed by atoms with Crippen molar-refractivity contribution in [2.45, 2.75) is 84.5 Å². The SMILES string of the molecule is CCCCN(CCCC)C(=O)CCC1CCCCC1. The highest BCUT2D eigenvalue weighted by molar-refractivity contribution is 5.76. The Balaban J connectivity index is 2.28. The Morgan fingerprint density at radius 1 is 1.00 bits per heavy atom. The lowest BCUT2D eigenvalue weighted by Gasteiger charge is -2.25. The van der Waals surface area contributed by atoms with E-state index in [9.17, 15) is 4.79 Å². The first-order chi connectivity index (χ1) is 9.27. The third-order valence-electron chi connectivity index (χ3n) is 4.41. The molecule has 1 rings (SSSR count). The van der Waals surface area contributed by atoms with E-state index in [1.807, 2.05) is 0 Å². The third kappa shape index (κ3) is 6.98. The van der Waals surface area contributed by atoms with Crippen LogP contribution in [0.5, 0.6) is 0 Å². The van der Waals surface area contributed by atoms with Crippen molar-refractivity contribution in [3.05, 3.63) is 0 Å². The number of carbonyl (C=O) groups excluding carboxylic acids is 1. The van der Waals surface area contributed by atoms with Gasteiger partial charge >= 0.3 is 0 Å². The number of amides is 1. The molecule has 1 aliphatic carbocycles.